The maximum absolute atomic E-state index is 14.2. The number of benzene rings is 4. The number of thiazole rings is 1. The van der Waals surface area contributed by atoms with Gasteiger partial charge in [-0.25, -0.2) is 14.2 Å². The minimum atomic E-state index is -0.737. The highest BCUT2D eigenvalue weighted by atomic mass is 32.2. The fraction of sp³-hybridized carbons (Fsp3) is 0.139. The molecule has 1 aliphatic heterocycles. The van der Waals surface area contributed by atoms with Gasteiger partial charge in [0.1, 0.15) is 18.2 Å². The van der Waals surface area contributed by atoms with E-state index in [1.54, 1.807) is 41.5 Å². The van der Waals surface area contributed by atoms with Crippen LogP contribution in [0.15, 0.2) is 123 Å². The van der Waals surface area contributed by atoms with Gasteiger partial charge in [0.05, 0.1) is 28.5 Å². The Morgan fingerprint density at radius 3 is 2.47 bits per heavy atom. The minimum Gasteiger partial charge on any atom is -0.489 e. The van der Waals surface area contributed by atoms with Gasteiger partial charge in [-0.1, -0.05) is 78.1 Å². The first kappa shape index (κ1) is 30.3. The Hall–Kier alpha value is -4.73. The molecular formula is C36H29FN2O4S2. The number of halogens is 1. The molecule has 0 N–H and O–H groups in total. The van der Waals surface area contributed by atoms with Gasteiger partial charge in [0, 0.05) is 10.5 Å². The van der Waals surface area contributed by atoms with E-state index < -0.39 is 12.0 Å². The Balaban J connectivity index is 1.47. The van der Waals surface area contributed by atoms with Crippen LogP contribution in [0.25, 0.3) is 11.8 Å². The van der Waals surface area contributed by atoms with Crippen LogP contribution < -0.4 is 19.6 Å². The van der Waals surface area contributed by atoms with Crippen LogP contribution in [0, 0.1) is 5.82 Å². The molecule has 6 nitrogen and oxygen atoms in total. The average molecular weight is 637 g/mol. The molecule has 0 amide bonds. The Labute approximate surface area is 267 Å². The summed E-state index contributed by atoms with van der Waals surface area (Å²) in [4.78, 5) is 34.2. The number of carbonyl (C=O) groups is 1. The van der Waals surface area contributed by atoms with Crippen LogP contribution in [-0.2, 0) is 16.1 Å². The van der Waals surface area contributed by atoms with E-state index in [9.17, 15) is 14.0 Å². The van der Waals surface area contributed by atoms with Crippen molar-refractivity contribution in [1.82, 2.24) is 4.57 Å². The molecular weight excluding hydrogens is 608 g/mol. The summed E-state index contributed by atoms with van der Waals surface area (Å²) in [6.45, 7) is 2.22. The van der Waals surface area contributed by atoms with Crippen LogP contribution in [0.2, 0.25) is 0 Å². The zero-order valence-corrected chi connectivity index (χ0v) is 26.2. The van der Waals surface area contributed by atoms with Gasteiger partial charge in [-0.15, -0.1) is 11.8 Å². The number of carbonyl (C=O) groups excluding carboxylic acids is 1. The number of hydrogen-bond donors (Lipinski definition) is 0. The third kappa shape index (κ3) is 6.55. The van der Waals surface area contributed by atoms with E-state index in [1.165, 1.54) is 23.5 Å². The number of nitrogens with zero attached hydrogens (tertiary/aromatic N) is 2. The molecule has 0 fully saturated rings. The van der Waals surface area contributed by atoms with Gasteiger partial charge in [0.2, 0.25) is 0 Å². The molecule has 0 bridgehead atoms. The highest BCUT2D eigenvalue weighted by molar-refractivity contribution is 7.98. The largest absolute Gasteiger partial charge is 0.489 e. The first-order valence-electron chi connectivity index (χ1n) is 14.3. The SMILES string of the molecule is CCOC(=O)C1=C(c2ccccc2)N=c2s/c(=C\c3cccc(OCc4ccc(F)cc4)c3)c(=O)n2[C@@H]1c1ccc(SC)cc1. The monoisotopic (exact) mass is 636 g/mol. The maximum atomic E-state index is 14.2. The molecule has 5 aromatic rings. The fourth-order valence-corrected chi connectivity index (χ4v) is 6.54. The minimum absolute atomic E-state index is 0.187. The molecule has 6 rings (SSSR count). The van der Waals surface area contributed by atoms with Crippen LogP contribution in [0.1, 0.15) is 35.2 Å². The fourth-order valence-electron chi connectivity index (χ4n) is 5.13. The summed E-state index contributed by atoms with van der Waals surface area (Å²) in [5.74, 6) is -0.199. The van der Waals surface area contributed by atoms with Crippen molar-refractivity contribution in [2.75, 3.05) is 12.9 Å². The quantitative estimate of drug-likeness (QED) is 0.139. The topological polar surface area (TPSA) is 69.9 Å². The highest BCUT2D eigenvalue weighted by Gasteiger charge is 2.35. The lowest BCUT2D eigenvalue weighted by Gasteiger charge is -2.26. The van der Waals surface area contributed by atoms with Crippen molar-refractivity contribution in [1.29, 1.82) is 0 Å². The number of hydrogen-bond acceptors (Lipinski definition) is 7. The second-order valence-corrected chi connectivity index (χ2v) is 12.1. The first-order valence-corrected chi connectivity index (χ1v) is 16.4. The molecule has 45 heavy (non-hydrogen) atoms. The predicted octanol–water partition coefficient (Wildman–Crippen LogP) is 6.38. The number of ether oxygens (including phenoxy) is 2. The lowest BCUT2D eigenvalue weighted by atomic mass is 9.93. The van der Waals surface area contributed by atoms with Crippen LogP contribution in [0.4, 0.5) is 4.39 Å². The Bertz CT molecular complexity index is 2050. The summed E-state index contributed by atoms with van der Waals surface area (Å²) in [6, 6.07) is 30.2. The van der Waals surface area contributed by atoms with E-state index in [-0.39, 0.29) is 24.6 Å². The second-order valence-electron chi connectivity index (χ2n) is 10.2. The van der Waals surface area contributed by atoms with Crippen molar-refractivity contribution in [2.45, 2.75) is 24.5 Å². The molecule has 0 saturated carbocycles. The Morgan fingerprint density at radius 1 is 1.00 bits per heavy atom. The molecule has 1 atom stereocenters. The van der Waals surface area contributed by atoms with Gasteiger partial charge in [0.15, 0.2) is 4.80 Å². The van der Waals surface area contributed by atoms with E-state index in [0.717, 1.165) is 27.1 Å². The number of aromatic nitrogens is 1. The standard InChI is InChI=1S/C36H29FN2O4S2/c1-3-42-35(41)31-32(25-9-5-4-6-10-25)38-36-39(33(31)26-14-18-29(44-2)19-15-26)34(40)30(45-36)21-24-8-7-11-28(20-24)43-22-23-12-16-27(37)17-13-23/h4-21,33H,3,22H2,1-2H3/b30-21-/t33-/m1/s1. The van der Waals surface area contributed by atoms with Gasteiger partial charge >= 0.3 is 5.97 Å². The number of fused-ring (bicyclic) bond motifs is 1. The molecule has 0 radical (unpaired) electrons. The molecule has 226 valence electrons. The zero-order valence-electron chi connectivity index (χ0n) is 24.6. The van der Waals surface area contributed by atoms with Gasteiger partial charge < -0.3 is 9.47 Å². The second kappa shape index (κ2) is 13.5. The summed E-state index contributed by atoms with van der Waals surface area (Å²) in [5, 5.41) is 0. The molecule has 0 spiro atoms. The van der Waals surface area contributed by atoms with Crippen LogP contribution >= 0.6 is 23.1 Å². The molecule has 0 unspecified atom stereocenters. The molecule has 9 heteroatoms. The summed E-state index contributed by atoms with van der Waals surface area (Å²) in [5.41, 5.74) is 3.69. The number of esters is 1. The van der Waals surface area contributed by atoms with Gasteiger partial charge in [-0.3, -0.25) is 9.36 Å². The van der Waals surface area contributed by atoms with Crippen molar-refractivity contribution < 1.29 is 18.7 Å². The van der Waals surface area contributed by atoms with Gasteiger partial charge in [-0.05, 0) is 72.3 Å². The van der Waals surface area contributed by atoms with Gasteiger partial charge in [0.25, 0.3) is 5.56 Å². The maximum Gasteiger partial charge on any atom is 0.338 e. The van der Waals surface area contributed by atoms with Crippen molar-refractivity contribution in [3.05, 3.63) is 156 Å². The van der Waals surface area contributed by atoms with Crippen molar-refractivity contribution in [3.63, 3.8) is 0 Å². The third-order valence-corrected chi connectivity index (χ3v) is 9.01. The van der Waals surface area contributed by atoms with Crippen LogP contribution in [-0.4, -0.2) is 23.4 Å². The van der Waals surface area contributed by atoms with Crippen LogP contribution in [0.5, 0.6) is 5.75 Å². The summed E-state index contributed by atoms with van der Waals surface area (Å²) < 4.78 is 26.8. The predicted molar refractivity (Wildman–Crippen MR) is 176 cm³/mol. The molecule has 1 aromatic heterocycles. The lowest BCUT2D eigenvalue weighted by Crippen LogP contribution is -2.40. The summed E-state index contributed by atoms with van der Waals surface area (Å²) in [7, 11) is 0. The van der Waals surface area contributed by atoms with E-state index in [2.05, 4.69) is 0 Å². The van der Waals surface area contributed by atoms with Crippen molar-refractivity contribution in [3.8, 4) is 5.75 Å². The van der Waals surface area contributed by atoms with Gasteiger partial charge in [-0.2, -0.15) is 0 Å². The van der Waals surface area contributed by atoms with Crippen molar-refractivity contribution >= 4 is 40.8 Å². The van der Waals surface area contributed by atoms with Crippen LogP contribution in [0.3, 0.4) is 0 Å². The molecule has 1 aliphatic rings. The zero-order chi connectivity index (χ0) is 31.3. The molecule has 0 aliphatic carbocycles. The third-order valence-electron chi connectivity index (χ3n) is 7.28. The normalized spacial score (nSPS) is 14.6. The molecule has 0 saturated heterocycles. The summed E-state index contributed by atoms with van der Waals surface area (Å²) >= 11 is 2.88. The molecule has 2 heterocycles. The Kier molecular flexibility index (Phi) is 9.09. The van der Waals surface area contributed by atoms with E-state index in [4.69, 9.17) is 14.5 Å². The summed E-state index contributed by atoms with van der Waals surface area (Å²) in [6.07, 6.45) is 3.80. The lowest BCUT2D eigenvalue weighted by molar-refractivity contribution is -0.138. The number of thioether (sulfide) groups is 1. The molecule has 4 aromatic carbocycles. The van der Waals surface area contributed by atoms with E-state index >= 15 is 0 Å². The van der Waals surface area contributed by atoms with Crippen molar-refractivity contribution in [2.24, 2.45) is 4.99 Å². The number of rotatable bonds is 9. The average Bonchev–Trinajstić information content (AvgIpc) is 3.38. The van der Waals surface area contributed by atoms with E-state index in [0.29, 0.717) is 26.4 Å². The Morgan fingerprint density at radius 2 is 1.76 bits per heavy atom. The smallest absolute Gasteiger partial charge is 0.338 e. The highest BCUT2D eigenvalue weighted by Crippen LogP contribution is 2.35. The van der Waals surface area contributed by atoms with E-state index in [1.807, 2.05) is 85.1 Å². The first-order chi connectivity index (χ1) is 21.9.